The van der Waals surface area contributed by atoms with Crippen LogP contribution >= 0.6 is 11.8 Å². The summed E-state index contributed by atoms with van der Waals surface area (Å²) in [5, 5.41) is 14.6. The van der Waals surface area contributed by atoms with E-state index >= 15 is 0 Å². The number of tetrazole rings is 1. The number of aromatic nitrogens is 4. The van der Waals surface area contributed by atoms with Crippen molar-refractivity contribution < 1.29 is 0 Å². The van der Waals surface area contributed by atoms with Gasteiger partial charge in [-0.2, -0.15) is 5.21 Å². The second kappa shape index (κ2) is 3.67. The van der Waals surface area contributed by atoms with Crippen LogP contribution in [0.4, 0.5) is 0 Å². The zero-order chi connectivity index (χ0) is 11.1. The van der Waals surface area contributed by atoms with E-state index in [0.29, 0.717) is 5.41 Å². The minimum Gasteiger partial charge on any atom is -0.233 e. The second-order valence-electron chi connectivity index (χ2n) is 5.33. The molecular weight excluding hydrogens is 226 g/mol. The van der Waals surface area contributed by atoms with Crippen molar-refractivity contribution >= 4 is 11.8 Å². The first-order chi connectivity index (χ1) is 7.79. The van der Waals surface area contributed by atoms with E-state index in [4.69, 9.17) is 11.8 Å². The van der Waals surface area contributed by atoms with E-state index in [1.165, 1.54) is 38.5 Å². The summed E-state index contributed by atoms with van der Waals surface area (Å²) in [4.78, 5) is 2.82. The molecule has 0 spiro atoms. The fourth-order valence-corrected chi connectivity index (χ4v) is 3.68. The number of H-pyrrole nitrogens is 1. The molecule has 0 atom stereocenters. The zero-order valence-electron chi connectivity index (χ0n) is 9.17. The van der Waals surface area contributed by atoms with Gasteiger partial charge < -0.3 is 0 Å². The van der Waals surface area contributed by atoms with Gasteiger partial charge in [-0.1, -0.05) is 5.21 Å². The highest BCUT2D eigenvalue weighted by Gasteiger charge is 2.51. The molecule has 88 valence electrons. The van der Waals surface area contributed by atoms with E-state index in [-0.39, 0.29) is 5.41 Å². The molecule has 0 aliphatic heterocycles. The summed E-state index contributed by atoms with van der Waals surface area (Å²) in [5.74, 6) is 0.916. The van der Waals surface area contributed by atoms with Crippen molar-refractivity contribution in [1.29, 1.82) is 0 Å². The Labute approximate surface area is 99.4 Å². The van der Waals surface area contributed by atoms with Crippen molar-refractivity contribution in [1.82, 2.24) is 25.5 Å². The first kappa shape index (κ1) is 10.5. The highest BCUT2D eigenvalue weighted by atomic mass is 35.5. The average molecular weight is 242 g/mol. The molecule has 0 saturated heterocycles. The Balaban J connectivity index is 1.81. The summed E-state index contributed by atoms with van der Waals surface area (Å²) in [5.41, 5.74) is 0.619. The fraction of sp³-hybridized carbons (Fsp3) is 0.900. The van der Waals surface area contributed by atoms with Crippen molar-refractivity contribution in [2.24, 2.45) is 5.41 Å². The van der Waals surface area contributed by atoms with Crippen molar-refractivity contribution in [3.63, 3.8) is 0 Å². The Hall–Kier alpha value is -0.680. The van der Waals surface area contributed by atoms with Gasteiger partial charge in [0.2, 0.25) is 0 Å². The molecule has 0 aromatic carbocycles. The summed E-state index contributed by atoms with van der Waals surface area (Å²) < 4.78 is 0. The predicted octanol–water partition coefficient (Wildman–Crippen LogP) is 1.54. The molecule has 6 heteroatoms. The quantitative estimate of drug-likeness (QED) is 0.788. The van der Waals surface area contributed by atoms with Gasteiger partial charge in [0, 0.05) is 12.0 Å². The summed E-state index contributed by atoms with van der Waals surface area (Å²) in [6, 6.07) is 0. The molecule has 3 saturated carbocycles. The van der Waals surface area contributed by atoms with Crippen LogP contribution in [0.1, 0.15) is 44.3 Å². The van der Waals surface area contributed by atoms with Gasteiger partial charge in [-0.3, -0.25) is 0 Å². The first-order valence-corrected chi connectivity index (χ1v) is 6.24. The molecule has 0 unspecified atom stereocenters. The number of hydrogen-bond acceptors (Lipinski definition) is 4. The van der Waals surface area contributed by atoms with Crippen LogP contribution in [0.15, 0.2) is 0 Å². The average Bonchev–Trinajstić information content (AvgIpc) is 2.86. The Morgan fingerprint density at radius 3 is 2.38 bits per heavy atom. The molecule has 1 heterocycles. The van der Waals surface area contributed by atoms with E-state index in [1.54, 1.807) is 0 Å². The standard InChI is InChI=1S/C10H16ClN5/c11-12-7-9-1-4-10(5-2-9,6-3-9)8-13-15-16-14-8/h12H,1-7H2,(H,13,14,15,16). The maximum absolute atomic E-state index is 5.66. The summed E-state index contributed by atoms with van der Waals surface area (Å²) in [6.45, 7) is 0.927. The van der Waals surface area contributed by atoms with E-state index in [9.17, 15) is 0 Å². The van der Waals surface area contributed by atoms with Crippen LogP contribution in [0.5, 0.6) is 0 Å². The third-order valence-corrected chi connectivity index (χ3v) is 4.80. The predicted molar refractivity (Wildman–Crippen MR) is 59.8 cm³/mol. The lowest BCUT2D eigenvalue weighted by Crippen LogP contribution is -2.47. The molecule has 16 heavy (non-hydrogen) atoms. The molecule has 3 fully saturated rings. The molecule has 1 aromatic heterocycles. The normalized spacial score (nSPS) is 37.8. The molecule has 3 aliphatic carbocycles. The second-order valence-corrected chi connectivity index (χ2v) is 5.59. The Morgan fingerprint density at radius 1 is 1.19 bits per heavy atom. The molecular formula is C10H16ClN5. The molecule has 2 N–H and O–H groups in total. The van der Waals surface area contributed by atoms with Crippen LogP contribution in [-0.2, 0) is 5.41 Å². The molecule has 0 amide bonds. The number of nitrogens with zero attached hydrogens (tertiary/aromatic N) is 3. The van der Waals surface area contributed by atoms with E-state index in [2.05, 4.69) is 25.5 Å². The number of aromatic amines is 1. The third kappa shape index (κ3) is 1.45. The van der Waals surface area contributed by atoms with Crippen molar-refractivity contribution in [2.45, 2.75) is 43.9 Å². The number of halogens is 1. The van der Waals surface area contributed by atoms with Gasteiger partial charge in [0.15, 0.2) is 5.82 Å². The summed E-state index contributed by atoms with van der Waals surface area (Å²) >= 11 is 5.66. The Morgan fingerprint density at radius 2 is 1.88 bits per heavy atom. The summed E-state index contributed by atoms with van der Waals surface area (Å²) in [6.07, 6.45) is 7.19. The van der Waals surface area contributed by atoms with Crippen LogP contribution < -0.4 is 4.84 Å². The van der Waals surface area contributed by atoms with E-state index in [1.807, 2.05) is 0 Å². The number of hydrogen-bond donors (Lipinski definition) is 2. The van der Waals surface area contributed by atoms with Gasteiger partial charge in [0.05, 0.1) is 0 Å². The van der Waals surface area contributed by atoms with Gasteiger partial charge in [-0.05, 0) is 55.7 Å². The lowest BCUT2D eigenvalue weighted by atomic mass is 9.53. The van der Waals surface area contributed by atoms with Crippen LogP contribution in [-0.4, -0.2) is 27.2 Å². The van der Waals surface area contributed by atoms with Gasteiger partial charge >= 0.3 is 0 Å². The number of rotatable bonds is 3. The molecule has 5 nitrogen and oxygen atoms in total. The van der Waals surface area contributed by atoms with Crippen molar-refractivity contribution in [2.75, 3.05) is 6.54 Å². The van der Waals surface area contributed by atoms with Crippen molar-refractivity contribution in [3.05, 3.63) is 5.82 Å². The summed E-state index contributed by atoms with van der Waals surface area (Å²) in [7, 11) is 0. The van der Waals surface area contributed by atoms with Gasteiger partial charge in [0.25, 0.3) is 0 Å². The highest BCUT2D eigenvalue weighted by Crippen LogP contribution is 2.56. The SMILES string of the molecule is ClNCC12CCC(c3nn[nH]n3)(CC1)CC2. The van der Waals surface area contributed by atoms with Gasteiger partial charge in [-0.15, -0.1) is 10.2 Å². The first-order valence-electron chi connectivity index (χ1n) is 5.86. The highest BCUT2D eigenvalue weighted by molar-refractivity contribution is 6.13. The van der Waals surface area contributed by atoms with Crippen LogP contribution in [0, 0.1) is 5.41 Å². The maximum atomic E-state index is 5.66. The fourth-order valence-electron chi connectivity index (χ4n) is 3.39. The maximum Gasteiger partial charge on any atom is 0.180 e. The lowest BCUT2D eigenvalue weighted by molar-refractivity contribution is 0.0397. The monoisotopic (exact) mass is 241 g/mol. The van der Waals surface area contributed by atoms with Crippen LogP contribution in [0.25, 0.3) is 0 Å². The molecule has 4 rings (SSSR count). The van der Waals surface area contributed by atoms with Crippen LogP contribution in [0.2, 0.25) is 0 Å². The third-order valence-electron chi connectivity index (χ3n) is 4.66. The molecule has 2 bridgehead atoms. The van der Waals surface area contributed by atoms with Gasteiger partial charge in [0.1, 0.15) is 0 Å². The van der Waals surface area contributed by atoms with E-state index in [0.717, 1.165) is 12.4 Å². The Bertz CT molecular complexity index is 339. The Kier molecular flexibility index (Phi) is 2.40. The number of fused-ring (bicyclic) bond motifs is 3. The molecule has 1 aromatic rings. The number of nitrogens with one attached hydrogen (secondary N) is 2. The largest absolute Gasteiger partial charge is 0.233 e. The minimum absolute atomic E-state index is 0.195. The lowest BCUT2D eigenvalue weighted by Gasteiger charge is -2.52. The smallest absolute Gasteiger partial charge is 0.180 e. The van der Waals surface area contributed by atoms with Crippen molar-refractivity contribution in [3.8, 4) is 0 Å². The molecule has 0 radical (unpaired) electrons. The van der Waals surface area contributed by atoms with E-state index < -0.39 is 0 Å². The topological polar surface area (TPSA) is 66.5 Å². The van der Waals surface area contributed by atoms with Crippen LogP contribution in [0.3, 0.4) is 0 Å². The minimum atomic E-state index is 0.195. The molecule has 3 aliphatic rings. The zero-order valence-corrected chi connectivity index (χ0v) is 9.93. The van der Waals surface area contributed by atoms with Gasteiger partial charge in [-0.25, -0.2) is 4.84 Å².